The maximum atomic E-state index is 12.2. The molecule has 0 unspecified atom stereocenters. The molecular formula is C17H18ClNO2. The Kier molecular flexibility index (Phi) is 4.02. The first-order valence-corrected chi connectivity index (χ1v) is 7.80. The van der Waals surface area contributed by atoms with E-state index in [0.29, 0.717) is 12.5 Å². The van der Waals surface area contributed by atoms with E-state index in [1.807, 2.05) is 24.3 Å². The van der Waals surface area contributed by atoms with E-state index in [0.717, 1.165) is 16.5 Å². The molecule has 3 nitrogen and oxygen atoms in total. The summed E-state index contributed by atoms with van der Waals surface area (Å²) in [5.74, 6) is 0.656. The zero-order valence-corrected chi connectivity index (χ0v) is 12.5. The standard InChI is InChI=1S/C17H18ClNO2/c18-10-17(21)19(11-12-3-1-4-12)16-6-2-5-13-7-8-14(20)9-15(13)16/h2,5-9,12,20H,1,3-4,10-11H2. The van der Waals surface area contributed by atoms with Crippen molar-refractivity contribution in [3.8, 4) is 5.75 Å². The summed E-state index contributed by atoms with van der Waals surface area (Å²) in [5, 5.41) is 11.6. The van der Waals surface area contributed by atoms with Crippen LogP contribution in [0.3, 0.4) is 0 Å². The molecule has 0 aromatic heterocycles. The van der Waals surface area contributed by atoms with Crippen molar-refractivity contribution in [2.45, 2.75) is 19.3 Å². The van der Waals surface area contributed by atoms with Crippen LogP contribution in [0.2, 0.25) is 0 Å². The molecule has 0 heterocycles. The van der Waals surface area contributed by atoms with Crippen molar-refractivity contribution in [1.82, 2.24) is 0 Å². The van der Waals surface area contributed by atoms with Gasteiger partial charge in [-0.1, -0.05) is 24.6 Å². The lowest BCUT2D eigenvalue weighted by molar-refractivity contribution is -0.116. The fraction of sp³-hybridized carbons (Fsp3) is 0.353. The van der Waals surface area contributed by atoms with E-state index < -0.39 is 0 Å². The normalized spacial score (nSPS) is 14.9. The van der Waals surface area contributed by atoms with Gasteiger partial charge in [-0.2, -0.15) is 0 Å². The van der Waals surface area contributed by atoms with Crippen molar-refractivity contribution in [2.75, 3.05) is 17.3 Å². The Morgan fingerprint density at radius 3 is 2.76 bits per heavy atom. The maximum absolute atomic E-state index is 12.2. The van der Waals surface area contributed by atoms with E-state index in [9.17, 15) is 9.90 Å². The van der Waals surface area contributed by atoms with Gasteiger partial charge in [0.05, 0.1) is 5.69 Å². The first-order valence-electron chi connectivity index (χ1n) is 7.27. The Morgan fingerprint density at radius 2 is 2.10 bits per heavy atom. The molecule has 21 heavy (non-hydrogen) atoms. The summed E-state index contributed by atoms with van der Waals surface area (Å²) in [7, 11) is 0. The van der Waals surface area contributed by atoms with Crippen LogP contribution < -0.4 is 4.90 Å². The van der Waals surface area contributed by atoms with Gasteiger partial charge in [0, 0.05) is 11.9 Å². The molecule has 2 aromatic rings. The average Bonchev–Trinajstić information content (AvgIpc) is 2.45. The number of rotatable bonds is 4. The van der Waals surface area contributed by atoms with Crippen LogP contribution in [-0.4, -0.2) is 23.4 Å². The molecule has 1 N–H and O–H groups in total. The number of benzene rings is 2. The summed E-state index contributed by atoms with van der Waals surface area (Å²) in [6, 6.07) is 11.1. The highest BCUT2D eigenvalue weighted by molar-refractivity contribution is 6.29. The van der Waals surface area contributed by atoms with E-state index in [1.54, 1.807) is 17.0 Å². The Morgan fingerprint density at radius 1 is 1.29 bits per heavy atom. The van der Waals surface area contributed by atoms with Crippen molar-refractivity contribution < 1.29 is 9.90 Å². The van der Waals surface area contributed by atoms with Crippen molar-refractivity contribution in [2.24, 2.45) is 5.92 Å². The van der Waals surface area contributed by atoms with E-state index >= 15 is 0 Å². The molecule has 0 atom stereocenters. The van der Waals surface area contributed by atoms with E-state index in [4.69, 9.17) is 11.6 Å². The number of alkyl halides is 1. The zero-order chi connectivity index (χ0) is 14.8. The Bertz CT molecular complexity index is 667. The van der Waals surface area contributed by atoms with E-state index in [2.05, 4.69) is 0 Å². The fourth-order valence-corrected chi connectivity index (χ4v) is 2.96. The lowest BCUT2D eigenvalue weighted by atomic mass is 9.85. The third-order valence-electron chi connectivity index (χ3n) is 4.21. The number of hydrogen-bond acceptors (Lipinski definition) is 2. The van der Waals surface area contributed by atoms with Crippen molar-refractivity contribution in [3.63, 3.8) is 0 Å². The first kappa shape index (κ1) is 14.2. The van der Waals surface area contributed by atoms with Crippen molar-refractivity contribution in [3.05, 3.63) is 36.4 Å². The van der Waals surface area contributed by atoms with Gasteiger partial charge in [0.2, 0.25) is 5.91 Å². The Hall–Kier alpha value is -1.74. The van der Waals surface area contributed by atoms with Gasteiger partial charge < -0.3 is 10.0 Å². The summed E-state index contributed by atoms with van der Waals surface area (Å²) < 4.78 is 0. The molecule has 1 aliphatic carbocycles. The summed E-state index contributed by atoms with van der Waals surface area (Å²) in [5.41, 5.74) is 0.834. The molecule has 110 valence electrons. The monoisotopic (exact) mass is 303 g/mol. The molecule has 1 saturated carbocycles. The minimum absolute atomic E-state index is 0.0259. The zero-order valence-electron chi connectivity index (χ0n) is 11.8. The van der Waals surface area contributed by atoms with Crippen LogP contribution in [0.1, 0.15) is 19.3 Å². The first-order chi connectivity index (χ1) is 10.2. The third kappa shape index (κ3) is 2.84. The van der Waals surface area contributed by atoms with Crippen LogP contribution >= 0.6 is 11.6 Å². The second-order valence-corrected chi connectivity index (χ2v) is 5.88. The van der Waals surface area contributed by atoms with Crippen LogP contribution in [0.15, 0.2) is 36.4 Å². The van der Waals surface area contributed by atoms with Gasteiger partial charge in [0.1, 0.15) is 11.6 Å². The SMILES string of the molecule is O=C(CCl)N(CC1CCC1)c1cccc2ccc(O)cc12. The summed E-state index contributed by atoms with van der Waals surface area (Å²) >= 11 is 5.78. The van der Waals surface area contributed by atoms with Crippen molar-refractivity contribution >= 4 is 34.0 Å². The lowest BCUT2D eigenvalue weighted by Gasteiger charge is -2.32. The second-order valence-electron chi connectivity index (χ2n) is 5.62. The number of phenolic OH excluding ortho intramolecular Hbond substituents is 1. The molecule has 0 radical (unpaired) electrons. The second kappa shape index (κ2) is 5.94. The van der Waals surface area contributed by atoms with Crippen LogP contribution in [0, 0.1) is 5.92 Å². The third-order valence-corrected chi connectivity index (χ3v) is 4.44. The van der Waals surface area contributed by atoms with Gasteiger partial charge in [-0.15, -0.1) is 11.6 Å². The quantitative estimate of drug-likeness (QED) is 0.870. The van der Waals surface area contributed by atoms with Gasteiger partial charge in [-0.25, -0.2) is 0 Å². The van der Waals surface area contributed by atoms with Crippen LogP contribution in [0.25, 0.3) is 10.8 Å². The molecule has 0 bridgehead atoms. The fourth-order valence-electron chi connectivity index (χ4n) is 2.82. The highest BCUT2D eigenvalue weighted by atomic mass is 35.5. The number of nitrogens with zero attached hydrogens (tertiary/aromatic N) is 1. The molecule has 1 fully saturated rings. The number of halogens is 1. The average molecular weight is 304 g/mol. The maximum Gasteiger partial charge on any atom is 0.241 e. The molecule has 4 heteroatoms. The summed E-state index contributed by atoms with van der Waals surface area (Å²) in [4.78, 5) is 14.0. The molecule has 0 aliphatic heterocycles. The van der Waals surface area contributed by atoms with E-state index in [1.165, 1.54) is 19.3 Å². The largest absolute Gasteiger partial charge is 0.508 e. The van der Waals surface area contributed by atoms with Gasteiger partial charge >= 0.3 is 0 Å². The number of anilines is 1. The topological polar surface area (TPSA) is 40.5 Å². The van der Waals surface area contributed by atoms with Gasteiger partial charge in [-0.3, -0.25) is 4.79 Å². The smallest absolute Gasteiger partial charge is 0.241 e. The van der Waals surface area contributed by atoms with Crippen molar-refractivity contribution in [1.29, 1.82) is 0 Å². The number of fused-ring (bicyclic) bond motifs is 1. The van der Waals surface area contributed by atoms with Crippen LogP contribution in [0.5, 0.6) is 5.75 Å². The molecule has 0 spiro atoms. The number of phenols is 1. The van der Waals surface area contributed by atoms with Gasteiger partial charge in [0.15, 0.2) is 0 Å². The molecule has 2 aromatic carbocycles. The number of carbonyl (C=O) groups excluding carboxylic acids is 1. The van der Waals surface area contributed by atoms with Crippen LogP contribution in [-0.2, 0) is 4.79 Å². The molecule has 1 aliphatic rings. The minimum Gasteiger partial charge on any atom is -0.508 e. The number of amides is 1. The number of hydrogen-bond donors (Lipinski definition) is 1. The highest BCUT2D eigenvalue weighted by Crippen LogP contribution is 2.33. The van der Waals surface area contributed by atoms with Gasteiger partial charge in [0.25, 0.3) is 0 Å². The summed E-state index contributed by atoms with van der Waals surface area (Å²) in [6.07, 6.45) is 3.58. The highest BCUT2D eigenvalue weighted by Gasteiger charge is 2.25. The summed E-state index contributed by atoms with van der Waals surface area (Å²) in [6.45, 7) is 0.709. The molecule has 0 saturated heterocycles. The predicted octanol–water partition coefficient (Wildman–Crippen LogP) is 3.92. The Balaban J connectivity index is 2.04. The molecule has 1 amide bonds. The number of carbonyl (C=O) groups is 1. The molecule has 3 rings (SSSR count). The lowest BCUT2D eigenvalue weighted by Crippen LogP contribution is -2.38. The predicted molar refractivity (Wildman–Crippen MR) is 86.0 cm³/mol. The minimum atomic E-state index is -0.0839. The number of aromatic hydroxyl groups is 1. The van der Waals surface area contributed by atoms with Gasteiger partial charge in [-0.05, 0) is 42.3 Å². The van der Waals surface area contributed by atoms with Crippen LogP contribution in [0.4, 0.5) is 5.69 Å². The Labute approximate surface area is 129 Å². The molecular weight excluding hydrogens is 286 g/mol. The van der Waals surface area contributed by atoms with E-state index in [-0.39, 0.29) is 17.5 Å².